The molecule has 0 aliphatic heterocycles. The van der Waals surface area contributed by atoms with Crippen molar-refractivity contribution < 1.29 is 4.79 Å². The molecule has 0 saturated carbocycles. The molecule has 0 atom stereocenters. The molecule has 0 bridgehead atoms. The van der Waals surface area contributed by atoms with Gasteiger partial charge in [0, 0.05) is 28.0 Å². The molecular weight excluding hydrogens is 350 g/mol. The molecule has 0 spiro atoms. The maximum Gasteiger partial charge on any atom is 0.205 e. The molecular formula is C19H11N3OS2. The molecule has 4 nitrogen and oxygen atoms in total. The smallest absolute Gasteiger partial charge is 0.205 e. The first-order valence-corrected chi connectivity index (χ1v) is 9.24. The third-order valence-corrected chi connectivity index (χ3v) is 5.64. The van der Waals surface area contributed by atoms with Crippen LogP contribution in [0, 0.1) is 11.3 Å². The highest BCUT2D eigenvalue weighted by Gasteiger charge is 2.17. The van der Waals surface area contributed by atoms with Crippen LogP contribution in [-0.2, 0) is 0 Å². The maximum absolute atomic E-state index is 12.8. The minimum Gasteiger partial charge on any atom is -0.360 e. The Bertz CT molecular complexity index is 1130. The number of hydrogen-bond donors (Lipinski definition) is 1. The largest absolute Gasteiger partial charge is 0.360 e. The van der Waals surface area contributed by atoms with E-state index in [0.29, 0.717) is 11.3 Å². The number of allylic oxidation sites excluding steroid dienone is 1. The number of thiophene rings is 1. The Morgan fingerprint density at radius 2 is 2.08 bits per heavy atom. The summed E-state index contributed by atoms with van der Waals surface area (Å²) in [4.78, 5) is 21.4. The Balaban J connectivity index is 1.69. The lowest BCUT2D eigenvalue weighted by Gasteiger charge is -1.97. The van der Waals surface area contributed by atoms with Crippen LogP contribution in [0.3, 0.4) is 0 Å². The van der Waals surface area contributed by atoms with E-state index in [9.17, 15) is 10.1 Å². The third-order valence-electron chi connectivity index (χ3n) is 3.75. The van der Waals surface area contributed by atoms with Crippen molar-refractivity contribution in [3.8, 4) is 16.0 Å². The Morgan fingerprint density at radius 3 is 2.88 bits per heavy atom. The van der Waals surface area contributed by atoms with Crippen molar-refractivity contribution in [1.82, 2.24) is 9.97 Å². The number of rotatable bonds is 4. The number of aromatic amines is 1. The molecule has 0 amide bonds. The van der Waals surface area contributed by atoms with E-state index < -0.39 is 0 Å². The van der Waals surface area contributed by atoms with Crippen LogP contribution in [0.4, 0.5) is 0 Å². The number of para-hydroxylation sites is 1. The fourth-order valence-electron chi connectivity index (χ4n) is 2.57. The number of thiazole rings is 1. The molecule has 4 rings (SSSR count). The predicted octanol–water partition coefficient (Wildman–Crippen LogP) is 5.14. The van der Waals surface area contributed by atoms with Crippen LogP contribution in [0.2, 0.25) is 0 Å². The number of fused-ring (bicyclic) bond motifs is 1. The van der Waals surface area contributed by atoms with Crippen LogP contribution in [-0.4, -0.2) is 15.8 Å². The molecule has 0 aliphatic rings. The number of benzene rings is 1. The van der Waals surface area contributed by atoms with Crippen molar-refractivity contribution >= 4 is 45.4 Å². The number of hydrogen-bond acceptors (Lipinski definition) is 5. The van der Waals surface area contributed by atoms with Gasteiger partial charge in [0.2, 0.25) is 5.78 Å². The van der Waals surface area contributed by atoms with Gasteiger partial charge in [-0.05, 0) is 23.6 Å². The highest BCUT2D eigenvalue weighted by atomic mass is 32.1. The van der Waals surface area contributed by atoms with Gasteiger partial charge in [0.25, 0.3) is 0 Å². The Hall–Kier alpha value is -3.01. The lowest BCUT2D eigenvalue weighted by molar-refractivity contribution is 0.104. The predicted molar refractivity (Wildman–Crippen MR) is 102 cm³/mol. The van der Waals surface area contributed by atoms with Gasteiger partial charge in [-0.25, -0.2) is 4.98 Å². The monoisotopic (exact) mass is 361 g/mol. The summed E-state index contributed by atoms with van der Waals surface area (Å²) in [5.41, 5.74) is 2.07. The van der Waals surface area contributed by atoms with Gasteiger partial charge in [-0.15, -0.1) is 22.7 Å². The van der Waals surface area contributed by atoms with Crippen LogP contribution < -0.4 is 0 Å². The summed E-state index contributed by atoms with van der Waals surface area (Å²) in [6.07, 6.45) is 3.20. The molecule has 3 aromatic heterocycles. The van der Waals surface area contributed by atoms with Crippen LogP contribution in [0.1, 0.15) is 16.1 Å². The average Bonchev–Trinajstić information content (AvgIpc) is 3.38. The van der Waals surface area contributed by atoms with Gasteiger partial charge >= 0.3 is 0 Å². The number of nitrogens with one attached hydrogen (secondary N) is 1. The van der Waals surface area contributed by atoms with E-state index in [1.54, 1.807) is 23.6 Å². The van der Waals surface area contributed by atoms with E-state index in [1.807, 2.05) is 53.2 Å². The van der Waals surface area contributed by atoms with E-state index in [2.05, 4.69) is 9.97 Å². The number of ketones is 1. The fraction of sp³-hybridized carbons (Fsp3) is 0. The summed E-state index contributed by atoms with van der Waals surface area (Å²) in [5, 5.41) is 15.0. The second kappa shape index (κ2) is 6.48. The Kier molecular flexibility index (Phi) is 4.02. The molecule has 25 heavy (non-hydrogen) atoms. The highest BCUT2D eigenvalue weighted by molar-refractivity contribution is 7.20. The molecule has 1 N–H and O–H groups in total. The summed E-state index contributed by atoms with van der Waals surface area (Å²) in [5.74, 6) is -0.300. The number of nitriles is 1. The minimum atomic E-state index is -0.300. The molecule has 0 fully saturated rings. The zero-order valence-electron chi connectivity index (χ0n) is 12.9. The first-order valence-electron chi connectivity index (χ1n) is 7.48. The minimum absolute atomic E-state index is 0.0767. The standard InChI is InChI=1S/C19H11N3OS2/c20-9-12(8-13-11-25-19(22-13)17-6-3-7-24-17)18(23)15-10-21-16-5-2-1-4-14(15)16/h1-8,10-11,21H. The van der Waals surface area contributed by atoms with Gasteiger partial charge in [-0.2, -0.15) is 5.26 Å². The summed E-state index contributed by atoms with van der Waals surface area (Å²) in [6, 6.07) is 13.5. The molecule has 0 aliphatic carbocycles. The molecule has 120 valence electrons. The molecule has 1 aromatic carbocycles. The highest BCUT2D eigenvalue weighted by Crippen LogP contribution is 2.29. The number of nitrogens with zero attached hydrogens (tertiary/aromatic N) is 2. The molecule has 6 heteroatoms. The number of carbonyl (C=O) groups excluding carboxylic acids is 1. The second-order valence-electron chi connectivity index (χ2n) is 5.30. The second-order valence-corrected chi connectivity index (χ2v) is 7.11. The SMILES string of the molecule is N#CC(=Cc1csc(-c2cccs2)n1)C(=O)c1c[nH]c2ccccc12. The number of H-pyrrole nitrogens is 1. The third kappa shape index (κ3) is 2.91. The lowest BCUT2D eigenvalue weighted by Crippen LogP contribution is -2.01. The zero-order chi connectivity index (χ0) is 17.2. The van der Waals surface area contributed by atoms with E-state index in [-0.39, 0.29) is 11.4 Å². The number of Topliss-reactive ketones (excluding diaryl/α,β-unsaturated/α-hetero) is 1. The fourth-order valence-corrected chi connectivity index (χ4v) is 4.16. The van der Waals surface area contributed by atoms with Crippen LogP contribution in [0.5, 0.6) is 0 Å². The number of aromatic nitrogens is 2. The van der Waals surface area contributed by atoms with E-state index in [1.165, 1.54) is 11.3 Å². The van der Waals surface area contributed by atoms with Gasteiger partial charge < -0.3 is 4.98 Å². The summed E-state index contributed by atoms with van der Waals surface area (Å²) in [7, 11) is 0. The van der Waals surface area contributed by atoms with E-state index in [0.717, 1.165) is 20.8 Å². The summed E-state index contributed by atoms with van der Waals surface area (Å²) < 4.78 is 0. The Morgan fingerprint density at radius 1 is 1.20 bits per heavy atom. The van der Waals surface area contributed by atoms with Crippen molar-refractivity contribution in [2.24, 2.45) is 0 Å². The van der Waals surface area contributed by atoms with Crippen molar-refractivity contribution in [3.05, 3.63) is 70.2 Å². The zero-order valence-corrected chi connectivity index (χ0v) is 14.5. The maximum atomic E-state index is 12.8. The quantitative estimate of drug-likeness (QED) is 0.311. The van der Waals surface area contributed by atoms with Crippen molar-refractivity contribution in [3.63, 3.8) is 0 Å². The van der Waals surface area contributed by atoms with Gasteiger partial charge in [-0.3, -0.25) is 4.79 Å². The molecule has 0 unspecified atom stereocenters. The van der Waals surface area contributed by atoms with Crippen LogP contribution >= 0.6 is 22.7 Å². The molecule has 3 heterocycles. The molecule has 4 aromatic rings. The average molecular weight is 361 g/mol. The van der Waals surface area contributed by atoms with Crippen LogP contribution in [0.15, 0.2) is 58.9 Å². The van der Waals surface area contributed by atoms with Gasteiger partial charge in [0.15, 0.2) is 0 Å². The van der Waals surface area contributed by atoms with Crippen molar-refractivity contribution in [2.45, 2.75) is 0 Å². The van der Waals surface area contributed by atoms with E-state index in [4.69, 9.17) is 0 Å². The first kappa shape index (κ1) is 15.5. The number of carbonyl (C=O) groups is 1. The summed E-state index contributed by atoms with van der Waals surface area (Å²) >= 11 is 3.11. The Labute approximate surface area is 151 Å². The van der Waals surface area contributed by atoms with Gasteiger partial charge in [-0.1, -0.05) is 24.3 Å². The van der Waals surface area contributed by atoms with Crippen LogP contribution in [0.25, 0.3) is 26.9 Å². The van der Waals surface area contributed by atoms with Gasteiger partial charge in [0.05, 0.1) is 10.6 Å². The normalized spacial score (nSPS) is 11.6. The molecule has 0 radical (unpaired) electrons. The van der Waals surface area contributed by atoms with Crippen molar-refractivity contribution in [1.29, 1.82) is 5.26 Å². The first-order chi connectivity index (χ1) is 12.3. The van der Waals surface area contributed by atoms with E-state index >= 15 is 0 Å². The van der Waals surface area contributed by atoms with Gasteiger partial charge in [0.1, 0.15) is 16.6 Å². The molecule has 0 saturated heterocycles. The lowest BCUT2D eigenvalue weighted by atomic mass is 10.0. The van der Waals surface area contributed by atoms with Crippen molar-refractivity contribution in [2.75, 3.05) is 0 Å². The summed E-state index contributed by atoms with van der Waals surface area (Å²) in [6.45, 7) is 0. The topological polar surface area (TPSA) is 69.5 Å².